The average Bonchev–Trinajstić information content (AvgIpc) is 2.99. The number of hydrogen-bond donors (Lipinski definition) is 1. The number of piperazine rings is 1. The van der Waals surface area contributed by atoms with E-state index in [0.29, 0.717) is 6.04 Å². The molecular weight excluding hydrogens is 266 g/mol. The van der Waals surface area contributed by atoms with Crippen LogP contribution in [0.5, 0.6) is 0 Å². The molecule has 1 aliphatic heterocycles. The summed E-state index contributed by atoms with van der Waals surface area (Å²) in [7, 11) is 0. The Morgan fingerprint density at radius 3 is 2.35 bits per heavy atom. The van der Waals surface area contributed by atoms with Gasteiger partial charge in [0.25, 0.3) is 0 Å². The number of thiophene rings is 1. The van der Waals surface area contributed by atoms with Crippen LogP contribution in [0.4, 0.5) is 0 Å². The molecule has 0 amide bonds. The first-order valence-electron chi connectivity index (χ1n) is 7.92. The van der Waals surface area contributed by atoms with Gasteiger partial charge in [-0.05, 0) is 31.7 Å². The maximum Gasteiger partial charge on any atom is 0.0300 e. The smallest absolute Gasteiger partial charge is 0.0300 e. The van der Waals surface area contributed by atoms with Crippen LogP contribution in [0.2, 0.25) is 0 Å². The van der Waals surface area contributed by atoms with Crippen molar-refractivity contribution in [2.75, 3.05) is 32.7 Å². The Kier molecular flexibility index (Phi) is 6.49. The molecule has 2 heterocycles. The van der Waals surface area contributed by atoms with Crippen molar-refractivity contribution in [2.24, 2.45) is 0 Å². The van der Waals surface area contributed by atoms with Crippen molar-refractivity contribution in [1.29, 1.82) is 0 Å². The van der Waals surface area contributed by atoms with Crippen LogP contribution in [-0.4, -0.2) is 54.6 Å². The highest BCUT2D eigenvalue weighted by atomic mass is 32.1. The molecule has 20 heavy (non-hydrogen) atoms. The topological polar surface area (TPSA) is 18.5 Å². The third-order valence-corrected chi connectivity index (χ3v) is 5.38. The van der Waals surface area contributed by atoms with Gasteiger partial charge in [-0.25, -0.2) is 0 Å². The Morgan fingerprint density at radius 2 is 1.80 bits per heavy atom. The molecule has 0 bridgehead atoms. The van der Waals surface area contributed by atoms with Crippen molar-refractivity contribution < 1.29 is 0 Å². The molecule has 114 valence electrons. The van der Waals surface area contributed by atoms with E-state index in [9.17, 15) is 0 Å². The fourth-order valence-corrected chi connectivity index (χ4v) is 3.50. The minimum absolute atomic E-state index is 0.633. The van der Waals surface area contributed by atoms with E-state index in [1.165, 1.54) is 37.5 Å². The summed E-state index contributed by atoms with van der Waals surface area (Å²) in [5.41, 5.74) is 0. The Bertz CT molecular complexity index is 358. The largest absolute Gasteiger partial charge is 0.310 e. The molecule has 1 fully saturated rings. The molecule has 0 saturated carbocycles. The molecule has 4 heteroatoms. The highest BCUT2D eigenvalue weighted by molar-refractivity contribution is 7.09. The second-order valence-corrected chi connectivity index (χ2v) is 6.92. The lowest BCUT2D eigenvalue weighted by atomic mass is 10.1. The van der Waals surface area contributed by atoms with Gasteiger partial charge < -0.3 is 5.32 Å². The second kappa shape index (κ2) is 8.13. The number of nitrogens with one attached hydrogen (secondary N) is 1. The number of nitrogens with zero attached hydrogens (tertiary/aromatic N) is 2. The van der Waals surface area contributed by atoms with Crippen LogP contribution in [-0.2, 0) is 6.54 Å². The van der Waals surface area contributed by atoms with E-state index in [4.69, 9.17) is 0 Å². The molecule has 2 unspecified atom stereocenters. The van der Waals surface area contributed by atoms with Crippen molar-refractivity contribution in [3.8, 4) is 0 Å². The summed E-state index contributed by atoms with van der Waals surface area (Å²) in [5, 5.41) is 5.73. The molecule has 2 atom stereocenters. The molecule has 1 N–H and O–H groups in total. The predicted molar refractivity (Wildman–Crippen MR) is 88.4 cm³/mol. The van der Waals surface area contributed by atoms with Crippen LogP contribution in [0.25, 0.3) is 0 Å². The third kappa shape index (κ3) is 4.55. The molecule has 1 saturated heterocycles. The Morgan fingerprint density at radius 1 is 1.15 bits per heavy atom. The van der Waals surface area contributed by atoms with Gasteiger partial charge in [0.1, 0.15) is 0 Å². The summed E-state index contributed by atoms with van der Waals surface area (Å²) in [6, 6.07) is 5.70. The summed E-state index contributed by atoms with van der Waals surface area (Å²) in [5.74, 6) is 0. The lowest BCUT2D eigenvalue weighted by Crippen LogP contribution is -2.53. The Hall–Kier alpha value is -0.420. The van der Waals surface area contributed by atoms with E-state index in [2.05, 4.69) is 53.4 Å². The molecule has 0 radical (unpaired) electrons. The first-order chi connectivity index (χ1) is 9.70. The van der Waals surface area contributed by atoms with Gasteiger partial charge in [0, 0.05) is 56.2 Å². The van der Waals surface area contributed by atoms with Gasteiger partial charge >= 0.3 is 0 Å². The van der Waals surface area contributed by atoms with Gasteiger partial charge in [0.2, 0.25) is 0 Å². The van der Waals surface area contributed by atoms with E-state index < -0.39 is 0 Å². The number of rotatable bonds is 7. The average molecular weight is 295 g/mol. The predicted octanol–water partition coefficient (Wildman–Crippen LogP) is 2.64. The highest BCUT2D eigenvalue weighted by Gasteiger charge is 2.22. The zero-order chi connectivity index (χ0) is 14.4. The minimum Gasteiger partial charge on any atom is -0.310 e. The first-order valence-corrected chi connectivity index (χ1v) is 8.80. The molecule has 0 aromatic carbocycles. The first kappa shape index (κ1) is 16.0. The number of hydrogen-bond acceptors (Lipinski definition) is 4. The SMILES string of the molecule is CCC(C)N1CCN(C(C)CNCc2cccs2)CC1. The zero-order valence-electron chi connectivity index (χ0n) is 13.1. The van der Waals surface area contributed by atoms with Crippen LogP contribution in [0.1, 0.15) is 32.1 Å². The monoisotopic (exact) mass is 295 g/mol. The standard InChI is InChI=1S/C16H29N3S/c1-4-14(2)18-7-9-19(10-8-18)15(3)12-17-13-16-6-5-11-20-16/h5-6,11,14-15,17H,4,7-10,12-13H2,1-3H3. The summed E-state index contributed by atoms with van der Waals surface area (Å²) in [4.78, 5) is 6.68. The second-order valence-electron chi connectivity index (χ2n) is 5.89. The van der Waals surface area contributed by atoms with Gasteiger partial charge in [-0.15, -0.1) is 11.3 Å². The summed E-state index contributed by atoms with van der Waals surface area (Å²) in [6.45, 7) is 14.0. The van der Waals surface area contributed by atoms with Crippen molar-refractivity contribution in [1.82, 2.24) is 15.1 Å². The Labute approximate surface area is 128 Å². The van der Waals surface area contributed by atoms with E-state index in [0.717, 1.165) is 19.1 Å². The van der Waals surface area contributed by atoms with Crippen LogP contribution >= 0.6 is 11.3 Å². The molecule has 0 spiro atoms. The lowest BCUT2D eigenvalue weighted by molar-refractivity contribution is 0.0771. The van der Waals surface area contributed by atoms with E-state index in [-0.39, 0.29) is 0 Å². The van der Waals surface area contributed by atoms with Gasteiger partial charge in [0.15, 0.2) is 0 Å². The third-order valence-electron chi connectivity index (χ3n) is 4.51. The zero-order valence-corrected chi connectivity index (χ0v) is 14.0. The molecular formula is C16H29N3S. The van der Waals surface area contributed by atoms with Gasteiger partial charge in [0.05, 0.1) is 0 Å². The maximum atomic E-state index is 3.59. The minimum atomic E-state index is 0.633. The van der Waals surface area contributed by atoms with E-state index in [1.807, 2.05) is 11.3 Å². The van der Waals surface area contributed by atoms with Crippen molar-refractivity contribution in [3.63, 3.8) is 0 Å². The highest BCUT2D eigenvalue weighted by Crippen LogP contribution is 2.11. The van der Waals surface area contributed by atoms with Crippen LogP contribution < -0.4 is 5.32 Å². The van der Waals surface area contributed by atoms with Crippen LogP contribution in [0, 0.1) is 0 Å². The van der Waals surface area contributed by atoms with Gasteiger partial charge in [-0.1, -0.05) is 13.0 Å². The normalized spacial score (nSPS) is 20.9. The van der Waals surface area contributed by atoms with Crippen LogP contribution in [0.3, 0.4) is 0 Å². The molecule has 1 aliphatic rings. The van der Waals surface area contributed by atoms with Crippen molar-refractivity contribution in [3.05, 3.63) is 22.4 Å². The molecule has 0 aliphatic carbocycles. The van der Waals surface area contributed by atoms with E-state index in [1.54, 1.807) is 0 Å². The molecule has 1 aromatic heterocycles. The molecule has 1 aromatic rings. The van der Waals surface area contributed by atoms with E-state index >= 15 is 0 Å². The summed E-state index contributed by atoms with van der Waals surface area (Å²) >= 11 is 1.83. The quantitative estimate of drug-likeness (QED) is 0.834. The summed E-state index contributed by atoms with van der Waals surface area (Å²) in [6.07, 6.45) is 1.26. The van der Waals surface area contributed by atoms with Crippen LogP contribution in [0.15, 0.2) is 17.5 Å². The lowest BCUT2D eigenvalue weighted by Gasteiger charge is -2.40. The van der Waals surface area contributed by atoms with Crippen molar-refractivity contribution in [2.45, 2.75) is 45.8 Å². The Balaban J connectivity index is 1.65. The maximum absolute atomic E-state index is 3.59. The molecule has 2 rings (SSSR count). The summed E-state index contributed by atoms with van der Waals surface area (Å²) < 4.78 is 0. The fourth-order valence-electron chi connectivity index (χ4n) is 2.82. The fraction of sp³-hybridized carbons (Fsp3) is 0.750. The van der Waals surface area contributed by atoms with Crippen molar-refractivity contribution >= 4 is 11.3 Å². The molecule has 3 nitrogen and oxygen atoms in total. The van der Waals surface area contributed by atoms with Gasteiger partial charge in [-0.3, -0.25) is 9.80 Å². The van der Waals surface area contributed by atoms with Gasteiger partial charge in [-0.2, -0.15) is 0 Å².